The van der Waals surface area contributed by atoms with E-state index in [2.05, 4.69) is 30.6 Å². The average molecular weight is 283 g/mol. The molecule has 2 heterocycles. The number of carbonyl (C=O) groups excluding carboxylic acids is 1. The van der Waals surface area contributed by atoms with E-state index < -0.39 is 0 Å². The first-order valence-electron chi connectivity index (χ1n) is 4.89. The number of H-pyrrole nitrogens is 1. The molecule has 0 bridgehead atoms. The molecule has 2 aromatic heterocycles. The normalized spacial score (nSPS) is 10.6. The SMILES string of the molecule is COC(=O)CCc1c[nH]c2cc(Br)ncc12. The highest BCUT2D eigenvalue weighted by Crippen LogP contribution is 2.21. The van der Waals surface area contributed by atoms with Gasteiger partial charge in [0.1, 0.15) is 4.60 Å². The summed E-state index contributed by atoms with van der Waals surface area (Å²) in [5, 5.41) is 1.05. The van der Waals surface area contributed by atoms with Gasteiger partial charge < -0.3 is 9.72 Å². The van der Waals surface area contributed by atoms with Crippen molar-refractivity contribution in [2.45, 2.75) is 12.8 Å². The first kappa shape index (κ1) is 11.1. The minimum absolute atomic E-state index is 0.195. The summed E-state index contributed by atoms with van der Waals surface area (Å²) < 4.78 is 5.40. The quantitative estimate of drug-likeness (QED) is 0.695. The second-order valence-corrected chi connectivity index (χ2v) is 4.26. The predicted octanol–water partition coefficient (Wildman–Crippen LogP) is 2.43. The van der Waals surface area contributed by atoms with Crippen LogP contribution < -0.4 is 0 Å². The van der Waals surface area contributed by atoms with Crippen molar-refractivity contribution in [3.8, 4) is 0 Å². The lowest BCUT2D eigenvalue weighted by atomic mass is 10.1. The standard InChI is InChI=1S/C11H11BrN2O2/c1-16-11(15)3-2-7-5-13-9-4-10(12)14-6-8(7)9/h4-6,13H,2-3H2,1H3. The van der Waals surface area contributed by atoms with Gasteiger partial charge in [-0.2, -0.15) is 0 Å². The zero-order valence-electron chi connectivity index (χ0n) is 8.79. The molecule has 0 aromatic carbocycles. The highest BCUT2D eigenvalue weighted by Gasteiger charge is 2.07. The highest BCUT2D eigenvalue weighted by molar-refractivity contribution is 9.10. The average Bonchev–Trinajstić information content (AvgIpc) is 2.68. The molecule has 0 unspecified atom stereocenters. The Balaban J connectivity index is 2.22. The van der Waals surface area contributed by atoms with E-state index >= 15 is 0 Å². The van der Waals surface area contributed by atoms with Crippen LogP contribution in [0, 0.1) is 0 Å². The number of aryl methyl sites for hydroxylation is 1. The zero-order chi connectivity index (χ0) is 11.5. The molecule has 5 heteroatoms. The summed E-state index contributed by atoms with van der Waals surface area (Å²) in [4.78, 5) is 18.4. The number of rotatable bonds is 3. The van der Waals surface area contributed by atoms with Crippen LogP contribution >= 0.6 is 15.9 Å². The zero-order valence-corrected chi connectivity index (χ0v) is 10.4. The van der Waals surface area contributed by atoms with Crippen LogP contribution in [0.3, 0.4) is 0 Å². The molecule has 16 heavy (non-hydrogen) atoms. The number of pyridine rings is 1. The van der Waals surface area contributed by atoms with Gasteiger partial charge in [-0.25, -0.2) is 4.98 Å². The molecule has 0 aliphatic rings. The fourth-order valence-corrected chi connectivity index (χ4v) is 1.92. The van der Waals surface area contributed by atoms with Crippen molar-refractivity contribution in [2.75, 3.05) is 7.11 Å². The number of aromatic amines is 1. The molecule has 4 nitrogen and oxygen atoms in total. The van der Waals surface area contributed by atoms with Crippen LogP contribution in [0.25, 0.3) is 10.9 Å². The van der Waals surface area contributed by atoms with Crippen molar-refractivity contribution in [1.29, 1.82) is 0 Å². The van der Waals surface area contributed by atoms with Crippen molar-refractivity contribution in [1.82, 2.24) is 9.97 Å². The number of carbonyl (C=O) groups is 1. The molecule has 0 spiro atoms. The highest BCUT2D eigenvalue weighted by atomic mass is 79.9. The molecule has 0 aliphatic heterocycles. The van der Waals surface area contributed by atoms with E-state index in [0.717, 1.165) is 21.1 Å². The van der Waals surface area contributed by atoms with Crippen LogP contribution in [0.2, 0.25) is 0 Å². The second kappa shape index (κ2) is 4.65. The Hall–Kier alpha value is -1.36. The lowest BCUT2D eigenvalue weighted by Crippen LogP contribution is -2.01. The van der Waals surface area contributed by atoms with Gasteiger partial charge in [0.15, 0.2) is 0 Å². The molecule has 0 radical (unpaired) electrons. The molecule has 84 valence electrons. The number of esters is 1. The molecule has 0 fully saturated rings. The summed E-state index contributed by atoms with van der Waals surface area (Å²) in [6.45, 7) is 0. The number of aromatic nitrogens is 2. The fraction of sp³-hybridized carbons (Fsp3) is 0.273. The maximum atomic E-state index is 11.0. The van der Waals surface area contributed by atoms with E-state index in [1.807, 2.05) is 12.3 Å². The molecule has 1 N–H and O–H groups in total. The third-order valence-electron chi connectivity index (χ3n) is 2.44. The molecule has 2 aromatic rings. The van der Waals surface area contributed by atoms with Gasteiger partial charge in [-0.15, -0.1) is 0 Å². The van der Waals surface area contributed by atoms with Gasteiger partial charge in [-0.05, 0) is 34.0 Å². The lowest BCUT2D eigenvalue weighted by Gasteiger charge is -1.98. The van der Waals surface area contributed by atoms with E-state index in [9.17, 15) is 4.79 Å². The number of hydrogen-bond donors (Lipinski definition) is 1. The fourth-order valence-electron chi connectivity index (χ4n) is 1.59. The van der Waals surface area contributed by atoms with Crippen molar-refractivity contribution in [2.24, 2.45) is 0 Å². The molecule has 0 aliphatic carbocycles. The van der Waals surface area contributed by atoms with Gasteiger partial charge in [0, 0.05) is 29.7 Å². The first-order valence-corrected chi connectivity index (χ1v) is 5.68. The number of halogens is 1. The number of nitrogens with one attached hydrogen (secondary N) is 1. The number of fused-ring (bicyclic) bond motifs is 1. The molecule has 0 amide bonds. The number of nitrogens with zero attached hydrogens (tertiary/aromatic N) is 1. The summed E-state index contributed by atoms with van der Waals surface area (Å²) in [7, 11) is 1.40. The van der Waals surface area contributed by atoms with Crippen molar-refractivity contribution >= 4 is 32.8 Å². The summed E-state index contributed by atoms with van der Waals surface area (Å²) in [5.41, 5.74) is 2.10. The number of hydrogen-bond acceptors (Lipinski definition) is 3. The molecule has 0 atom stereocenters. The first-order chi connectivity index (χ1) is 7.70. The van der Waals surface area contributed by atoms with Crippen LogP contribution in [0.15, 0.2) is 23.1 Å². The molecule has 0 saturated heterocycles. The minimum atomic E-state index is -0.195. The van der Waals surface area contributed by atoms with Gasteiger partial charge >= 0.3 is 5.97 Å². The molecule has 2 rings (SSSR count). The van der Waals surface area contributed by atoms with Gasteiger partial charge in [0.2, 0.25) is 0 Å². The lowest BCUT2D eigenvalue weighted by molar-refractivity contribution is -0.140. The number of methoxy groups -OCH3 is 1. The van der Waals surface area contributed by atoms with Gasteiger partial charge in [-0.3, -0.25) is 4.79 Å². The van der Waals surface area contributed by atoms with E-state index in [0.29, 0.717) is 12.8 Å². The third kappa shape index (κ3) is 2.24. The minimum Gasteiger partial charge on any atom is -0.469 e. The van der Waals surface area contributed by atoms with Crippen molar-refractivity contribution in [3.63, 3.8) is 0 Å². The van der Waals surface area contributed by atoms with Crippen LogP contribution in [0.4, 0.5) is 0 Å². The smallest absolute Gasteiger partial charge is 0.305 e. The van der Waals surface area contributed by atoms with E-state index in [-0.39, 0.29) is 5.97 Å². The molecular weight excluding hydrogens is 272 g/mol. The Bertz CT molecular complexity index is 522. The third-order valence-corrected chi connectivity index (χ3v) is 2.88. The number of ether oxygens (including phenoxy) is 1. The van der Waals surface area contributed by atoms with Crippen molar-refractivity contribution in [3.05, 3.63) is 28.6 Å². The maximum absolute atomic E-state index is 11.0. The van der Waals surface area contributed by atoms with E-state index in [1.54, 1.807) is 6.20 Å². The Kier molecular flexibility index (Phi) is 3.24. The second-order valence-electron chi connectivity index (χ2n) is 3.44. The monoisotopic (exact) mass is 282 g/mol. The molecular formula is C11H11BrN2O2. The Morgan fingerprint density at radius 3 is 3.19 bits per heavy atom. The van der Waals surface area contributed by atoms with Crippen LogP contribution in [-0.4, -0.2) is 23.0 Å². The Morgan fingerprint density at radius 1 is 1.62 bits per heavy atom. The maximum Gasteiger partial charge on any atom is 0.305 e. The summed E-state index contributed by atoms with van der Waals surface area (Å²) >= 11 is 3.31. The van der Waals surface area contributed by atoms with Gasteiger partial charge in [-0.1, -0.05) is 0 Å². The van der Waals surface area contributed by atoms with Gasteiger partial charge in [0.25, 0.3) is 0 Å². The Morgan fingerprint density at radius 2 is 2.44 bits per heavy atom. The van der Waals surface area contributed by atoms with Crippen LogP contribution in [-0.2, 0) is 16.0 Å². The molecule has 0 saturated carbocycles. The largest absolute Gasteiger partial charge is 0.469 e. The summed E-state index contributed by atoms with van der Waals surface area (Å²) in [6, 6.07) is 1.91. The summed E-state index contributed by atoms with van der Waals surface area (Å²) in [5.74, 6) is -0.195. The predicted molar refractivity (Wildman–Crippen MR) is 64.1 cm³/mol. The Labute approximate surface area is 101 Å². The topological polar surface area (TPSA) is 55.0 Å². The van der Waals surface area contributed by atoms with Crippen LogP contribution in [0.1, 0.15) is 12.0 Å². The van der Waals surface area contributed by atoms with Crippen LogP contribution in [0.5, 0.6) is 0 Å². The van der Waals surface area contributed by atoms with Gasteiger partial charge in [0.05, 0.1) is 7.11 Å². The van der Waals surface area contributed by atoms with E-state index in [4.69, 9.17) is 0 Å². The van der Waals surface area contributed by atoms with E-state index in [1.165, 1.54) is 7.11 Å². The van der Waals surface area contributed by atoms with Crippen molar-refractivity contribution < 1.29 is 9.53 Å². The summed E-state index contributed by atoms with van der Waals surface area (Å²) in [6.07, 6.45) is 4.75.